The van der Waals surface area contributed by atoms with E-state index in [0.29, 0.717) is 11.0 Å². The highest BCUT2D eigenvalue weighted by Gasteiger charge is 2.20. The number of aromatic amines is 1. The van der Waals surface area contributed by atoms with Gasteiger partial charge in [-0.15, -0.1) is 0 Å². The van der Waals surface area contributed by atoms with Gasteiger partial charge in [0, 0.05) is 0 Å². The first-order chi connectivity index (χ1) is 8.00. The van der Waals surface area contributed by atoms with Crippen molar-refractivity contribution in [1.29, 1.82) is 0 Å². The van der Waals surface area contributed by atoms with E-state index >= 15 is 0 Å². The average molecular weight is 255 g/mol. The van der Waals surface area contributed by atoms with Crippen LogP contribution < -0.4 is 0 Å². The van der Waals surface area contributed by atoms with Crippen LogP contribution in [-0.4, -0.2) is 30.4 Å². The Morgan fingerprint density at radius 1 is 1.35 bits per heavy atom. The zero-order chi connectivity index (χ0) is 12.5. The Bertz CT molecular complexity index is 619. The van der Waals surface area contributed by atoms with Crippen molar-refractivity contribution in [3.05, 3.63) is 18.2 Å². The number of nitrogens with zero attached hydrogens (tertiary/aromatic N) is 2. The maximum atomic E-state index is 11.9. The molecule has 0 aliphatic rings. The van der Waals surface area contributed by atoms with Gasteiger partial charge in [-0.2, -0.15) is 23.8 Å². The molecule has 1 aromatic heterocycles. The molecule has 1 heterocycles. The zero-order valence-electron chi connectivity index (χ0n) is 9.54. The van der Waals surface area contributed by atoms with Crippen molar-refractivity contribution >= 4 is 21.2 Å². The van der Waals surface area contributed by atoms with E-state index in [1.54, 1.807) is 12.1 Å². The third-order valence-corrected chi connectivity index (χ3v) is 3.45. The van der Waals surface area contributed by atoms with E-state index in [1.807, 2.05) is 13.8 Å². The maximum absolute atomic E-state index is 11.9. The SMILES string of the molecule is CC(C)COS(=O)(=O)c1cccc2n[nH]nc12. The van der Waals surface area contributed by atoms with E-state index in [9.17, 15) is 8.42 Å². The standard InChI is InChI=1S/C10H13N3O3S/c1-7(2)6-16-17(14,15)9-5-3-4-8-10(9)12-13-11-8/h3-5,7H,6H2,1-2H3,(H,11,12,13). The van der Waals surface area contributed by atoms with Crippen LogP contribution in [0.15, 0.2) is 23.1 Å². The van der Waals surface area contributed by atoms with E-state index in [2.05, 4.69) is 15.4 Å². The second kappa shape index (κ2) is 4.42. The quantitative estimate of drug-likeness (QED) is 0.833. The first kappa shape index (κ1) is 12.0. The normalized spacial score (nSPS) is 12.4. The highest BCUT2D eigenvalue weighted by atomic mass is 32.2. The van der Waals surface area contributed by atoms with Crippen LogP contribution in [-0.2, 0) is 14.3 Å². The molecule has 0 bridgehead atoms. The monoisotopic (exact) mass is 255 g/mol. The molecule has 0 aliphatic carbocycles. The lowest BCUT2D eigenvalue weighted by molar-refractivity contribution is 0.275. The Kier molecular flexibility index (Phi) is 3.12. The van der Waals surface area contributed by atoms with Gasteiger partial charge < -0.3 is 0 Å². The lowest BCUT2D eigenvalue weighted by atomic mass is 10.2. The van der Waals surface area contributed by atoms with E-state index in [1.165, 1.54) is 6.07 Å². The molecule has 6 nitrogen and oxygen atoms in total. The number of hydrogen-bond donors (Lipinski definition) is 1. The van der Waals surface area contributed by atoms with Crippen molar-refractivity contribution in [2.24, 2.45) is 5.92 Å². The molecular weight excluding hydrogens is 242 g/mol. The van der Waals surface area contributed by atoms with E-state index in [0.717, 1.165) is 0 Å². The number of H-pyrrole nitrogens is 1. The van der Waals surface area contributed by atoms with Gasteiger partial charge in [-0.05, 0) is 18.1 Å². The van der Waals surface area contributed by atoms with Gasteiger partial charge in [-0.25, -0.2) is 0 Å². The van der Waals surface area contributed by atoms with Gasteiger partial charge in [0.2, 0.25) is 0 Å². The summed E-state index contributed by atoms with van der Waals surface area (Å²) in [5.41, 5.74) is 0.801. The van der Waals surface area contributed by atoms with E-state index in [-0.39, 0.29) is 17.4 Å². The molecule has 1 N–H and O–H groups in total. The third kappa shape index (κ3) is 2.45. The maximum Gasteiger partial charge on any atom is 0.299 e. The molecule has 2 rings (SSSR count). The Morgan fingerprint density at radius 3 is 2.82 bits per heavy atom. The van der Waals surface area contributed by atoms with Crippen LogP contribution in [0.3, 0.4) is 0 Å². The molecule has 1 aromatic carbocycles. The fourth-order valence-electron chi connectivity index (χ4n) is 1.33. The fraction of sp³-hybridized carbons (Fsp3) is 0.400. The van der Waals surface area contributed by atoms with Crippen LogP contribution >= 0.6 is 0 Å². The third-order valence-electron chi connectivity index (χ3n) is 2.14. The minimum Gasteiger partial charge on any atom is -0.266 e. The minimum atomic E-state index is -3.77. The number of rotatable bonds is 4. The van der Waals surface area contributed by atoms with Crippen LogP contribution in [0.2, 0.25) is 0 Å². The Hall–Kier alpha value is -1.47. The summed E-state index contributed by atoms with van der Waals surface area (Å²) in [5.74, 6) is 0.140. The second-order valence-electron chi connectivity index (χ2n) is 4.08. The van der Waals surface area contributed by atoms with Gasteiger partial charge in [0.1, 0.15) is 15.9 Å². The topological polar surface area (TPSA) is 84.9 Å². The van der Waals surface area contributed by atoms with Crippen molar-refractivity contribution in [3.8, 4) is 0 Å². The van der Waals surface area contributed by atoms with E-state index < -0.39 is 10.1 Å². The van der Waals surface area contributed by atoms with E-state index in [4.69, 9.17) is 4.18 Å². The number of benzene rings is 1. The molecule has 2 aromatic rings. The molecule has 0 radical (unpaired) electrons. The van der Waals surface area contributed by atoms with Crippen molar-refractivity contribution in [2.75, 3.05) is 6.61 Å². The Balaban J connectivity index is 2.42. The summed E-state index contributed by atoms with van der Waals surface area (Å²) in [6.07, 6.45) is 0. The molecule has 0 fully saturated rings. The van der Waals surface area contributed by atoms with Crippen molar-refractivity contribution in [2.45, 2.75) is 18.7 Å². The van der Waals surface area contributed by atoms with Gasteiger partial charge in [-0.1, -0.05) is 19.9 Å². The Morgan fingerprint density at radius 2 is 2.12 bits per heavy atom. The minimum absolute atomic E-state index is 0.0457. The highest BCUT2D eigenvalue weighted by molar-refractivity contribution is 7.87. The molecule has 0 spiro atoms. The summed E-state index contributed by atoms with van der Waals surface area (Å²) in [6, 6.07) is 4.75. The second-order valence-corrected chi connectivity index (χ2v) is 5.66. The Labute approximate surface area is 99.1 Å². The predicted octanol–water partition coefficient (Wildman–Crippen LogP) is 1.32. The van der Waals surface area contributed by atoms with Gasteiger partial charge in [0.15, 0.2) is 0 Å². The molecular formula is C10H13N3O3S. The molecule has 17 heavy (non-hydrogen) atoms. The van der Waals surface area contributed by atoms with Crippen LogP contribution in [0.4, 0.5) is 0 Å². The highest BCUT2D eigenvalue weighted by Crippen LogP contribution is 2.21. The average Bonchev–Trinajstić information content (AvgIpc) is 2.74. The summed E-state index contributed by atoms with van der Waals surface area (Å²) in [6.45, 7) is 3.91. The molecule has 0 aliphatic heterocycles. The first-order valence-electron chi connectivity index (χ1n) is 5.19. The molecule has 92 valence electrons. The summed E-state index contributed by atoms with van der Waals surface area (Å²) < 4.78 is 28.8. The summed E-state index contributed by atoms with van der Waals surface area (Å²) >= 11 is 0. The van der Waals surface area contributed by atoms with Crippen LogP contribution in [0.1, 0.15) is 13.8 Å². The van der Waals surface area contributed by atoms with Gasteiger partial charge in [-0.3, -0.25) is 4.18 Å². The summed E-state index contributed by atoms with van der Waals surface area (Å²) in [7, 11) is -3.77. The van der Waals surface area contributed by atoms with Crippen molar-refractivity contribution < 1.29 is 12.6 Å². The number of para-hydroxylation sites is 1. The number of aromatic nitrogens is 3. The predicted molar refractivity (Wildman–Crippen MR) is 61.9 cm³/mol. The van der Waals surface area contributed by atoms with Crippen molar-refractivity contribution in [3.63, 3.8) is 0 Å². The summed E-state index contributed by atoms with van der Waals surface area (Å²) in [4.78, 5) is 0.0457. The van der Waals surface area contributed by atoms with Crippen molar-refractivity contribution in [1.82, 2.24) is 15.4 Å². The first-order valence-corrected chi connectivity index (χ1v) is 6.60. The van der Waals surface area contributed by atoms with Gasteiger partial charge in [0.25, 0.3) is 10.1 Å². The lowest BCUT2D eigenvalue weighted by Gasteiger charge is -2.07. The zero-order valence-corrected chi connectivity index (χ0v) is 10.4. The van der Waals surface area contributed by atoms with Gasteiger partial charge in [0.05, 0.1) is 6.61 Å². The molecule has 0 saturated carbocycles. The van der Waals surface area contributed by atoms with Crippen LogP contribution in [0.5, 0.6) is 0 Å². The molecule has 0 saturated heterocycles. The van der Waals surface area contributed by atoms with Crippen LogP contribution in [0.25, 0.3) is 11.0 Å². The number of fused-ring (bicyclic) bond motifs is 1. The molecule has 7 heteroatoms. The molecule has 0 atom stereocenters. The fourth-order valence-corrected chi connectivity index (χ4v) is 2.54. The molecule has 0 amide bonds. The smallest absolute Gasteiger partial charge is 0.266 e. The molecule has 0 unspecified atom stereocenters. The lowest BCUT2D eigenvalue weighted by Crippen LogP contribution is -2.11. The number of nitrogens with one attached hydrogen (secondary N) is 1. The van der Waals surface area contributed by atoms with Gasteiger partial charge >= 0.3 is 0 Å². The number of hydrogen-bond acceptors (Lipinski definition) is 5. The van der Waals surface area contributed by atoms with Crippen LogP contribution in [0, 0.1) is 5.92 Å². The largest absolute Gasteiger partial charge is 0.299 e. The summed E-state index contributed by atoms with van der Waals surface area (Å²) in [5, 5.41) is 10.0.